The van der Waals surface area contributed by atoms with Crippen molar-refractivity contribution < 1.29 is 0 Å². The van der Waals surface area contributed by atoms with E-state index in [2.05, 4.69) is 58.1 Å². The molecule has 2 heteroatoms. The van der Waals surface area contributed by atoms with Gasteiger partial charge in [-0.05, 0) is 29.0 Å². The summed E-state index contributed by atoms with van der Waals surface area (Å²) in [5, 5.41) is 4.24. The van der Waals surface area contributed by atoms with Gasteiger partial charge in [-0.25, -0.2) is 0 Å². The van der Waals surface area contributed by atoms with Crippen LogP contribution in [-0.2, 0) is 5.41 Å². The molecule has 1 aliphatic heterocycles. The number of anilines is 1. The van der Waals surface area contributed by atoms with Crippen LogP contribution < -0.4 is 5.32 Å². The van der Waals surface area contributed by atoms with E-state index in [1.54, 1.807) is 0 Å². The molecule has 0 aromatic heterocycles. The molecular formula is C15H23NS. The Kier molecular flexibility index (Phi) is 3.44. The highest BCUT2D eigenvalue weighted by Gasteiger charge is 2.23. The van der Waals surface area contributed by atoms with Crippen LogP contribution in [0.25, 0.3) is 0 Å². The van der Waals surface area contributed by atoms with Gasteiger partial charge in [-0.2, -0.15) is 0 Å². The van der Waals surface area contributed by atoms with E-state index in [4.69, 9.17) is 0 Å². The zero-order valence-corrected chi connectivity index (χ0v) is 12.3. The van der Waals surface area contributed by atoms with Gasteiger partial charge in [0.25, 0.3) is 0 Å². The Hall–Kier alpha value is -0.630. The number of hydrogen-bond donors (Lipinski definition) is 1. The van der Waals surface area contributed by atoms with Crippen LogP contribution in [0.1, 0.15) is 40.2 Å². The number of benzene rings is 1. The molecule has 1 atom stereocenters. The van der Waals surface area contributed by atoms with Crippen molar-refractivity contribution >= 4 is 17.4 Å². The molecule has 1 aromatic rings. The zero-order chi connectivity index (χ0) is 12.6. The normalized spacial score (nSPS) is 20.0. The molecule has 1 unspecified atom stereocenters. The summed E-state index contributed by atoms with van der Waals surface area (Å²) >= 11 is 2.03. The van der Waals surface area contributed by atoms with E-state index in [9.17, 15) is 0 Å². The van der Waals surface area contributed by atoms with Crippen LogP contribution in [0, 0.1) is 5.92 Å². The fraction of sp³-hybridized carbons (Fsp3) is 0.600. The Bertz CT molecular complexity index is 404. The highest BCUT2D eigenvalue weighted by Crippen LogP contribution is 2.39. The predicted octanol–water partition coefficient (Wildman–Crippen LogP) is 4.53. The summed E-state index contributed by atoms with van der Waals surface area (Å²) in [6.07, 6.45) is 0. The maximum absolute atomic E-state index is 3.55. The Balaban J connectivity index is 2.29. The minimum atomic E-state index is 0.236. The molecule has 1 heterocycles. The molecule has 0 radical (unpaired) electrons. The highest BCUT2D eigenvalue weighted by molar-refractivity contribution is 8.00. The van der Waals surface area contributed by atoms with E-state index >= 15 is 0 Å². The summed E-state index contributed by atoms with van der Waals surface area (Å²) in [6.45, 7) is 12.5. The Labute approximate surface area is 109 Å². The number of hydrogen-bond acceptors (Lipinski definition) is 2. The Morgan fingerprint density at radius 1 is 1.29 bits per heavy atom. The predicted molar refractivity (Wildman–Crippen MR) is 78.1 cm³/mol. The summed E-state index contributed by atoms with van der Waals surface area (Å²) in [7, 11) is 0. The van der Waals surface area contributed by atoms with Crippen molar-refractivity contribution in [2.75, 3.05) is 11.9 Å². The largest absolute Gasteiger partial charge is 0.383 e. The Morgan fingerprint density at radius 3 is 2.59 bits per heavy atom. The molecule has 1 aliphatic rings. The van der Waals surface area contributed by atoms with E-state index in [1.165, 1.54) is 16.1 Å². The van der Waals surface area contributed by atoms with Crippen LogP contribution in [-0.4, -0.2) is 11.8 Å². The van der Waals surface area contributed by atoms with Gasteiger partial charge in [0, 0.05) is 22.4 Å². The molecule has 0 bridgehead atoms. The van der Waals surface area contributed by atoms with Crippen LogP contribution in [0.2, 0.25) is 0 Å². The van der Waals surface area contributed by atoms with Crippen molar-refractivity contribution in [2.24, 2.45) is 5.92 Å². The molecule has 1 N–H and O–H groups in total. The van der Waals surface area contributed by atoms with Crippen molar-refractivity contribution in [3.8, 4) is 0 Å². The lowest BCUT2D eigenvalue weighted by Gasteiger charge is -2.30. The van der Waals surface area contributed by atoms with Gasteiger partial charge in [0.2, 0.25) is 0 Å². The first-order chi connectivity index (χ1) is 7.88. The first-order valence-corrected chi connectivity index (χ1v) is 7.31. The number of rotatable bonds is 1. The molecule has 0 fully saturated rings. The molecule has 94 valence electrons. The summed E-state index contributed by atoms with van der Waals surface area (Å²) in [6, 6.07) is 6.85. The molecule has 0 aliphatic carbocycles. The Morgan fingerprint density at radius 2 is 2.00 bits per heavy atom. The van der Waals surface area contributed by atoms with Gasteiger partial charge in [0.1, 0.15) is 0 Å². The molecule has 1 aromatic carbocycles. The molecule has 0 amide bonds. The van der Waals surface area contributed by atoms with Crippen LogP contribution in [0.4, 0.5) is 5.69 Å². The fourth-order valence-electron chi connectivity index (χ4n) is 2.02. The second-order valence-electron chi connectivity index (χ2n) is 6.24. The summed E-state index contributed by atoms with van der Waals surface area (Å²) in [5.41, 5.74) is 2.97. The number of thioether (sulfide) groups is 1. The van der Waals surface area contributed by atoms with E-state index in [0.29, 0.717) is 5.25 Å². The minimum Gasteiger partial charge on any atom is -0.383 e. The van der Waals surface area contributed by atoms with E-state index < -0.39 is 0 Å². The molecule has 17 heavy (non-hydrogen) atoms. The molecule has 0 saturated heterocycles. The first kappa shape index (κ1) is 12.8. The van der Waals surface area contributed by atoms with Crippen molar-refractivity contribution in [1.82, 2.24) is 0 Å². The molecule has 0 spiro atoms. The average Bonchev–Trinajstić information content (AvgIpc) is 2.26. The zero-order valence-electron chi connectivity index (χ0n) is 11.5. The SMILES string of the molecule is CC(C)C1CNc2ccc(C(C)(C)C)cc2S1. The van der Waals surface area contributed by atoms with Crippen LogP contribution in [0.15, 0.2) is 23.1 Å². The second-order valence-corrected chi connectivity index (χ2v) is 7.52. The molecular weight excluding hydrogens is 226 g/mol. The van der Waals surface area contributed by atoms with Gasteiger partial charge >= 0.3 is 0 Å². The third kappa shape index (κ3) is 2.79. The highest BCUT2D eigenvalue weighted by atomic mass is 32.2. The average molecular weight is 249 g/mol. The number of nitrogens with one attached hydrogen (secondary N) is 1. The second kappa shape index (κ2) is 4.56. The van der Waals surface area contributed by atoms with Gasteiger partial charge in [-0.3, -0.25) is 0 Å². The molecule has 0 saturated carbocycles. The first-order valence-electron chi connectivity index (χ1n) is 6.43. The van der Waals surface area contributed by atoms with Crippen LogP contribution >= 0.6 is 11.8 Å². The van der Waals surface area contributed by atoms with Crippen LogP contribution in [0.5, 0.6) is 0 Å². The van der Waals surface area contributed by atoms with Gasteiger partial charge in [-0.1, -0.05) is 40.7 Å². The molecule has 1 nitrogen and oxygen atoms in total. The third-order valence-corrected chi connectivity index (χ3v) is 4.97. The van der Waals surface area contributed by atoms with Crippen molar-refractivity contribution in [2.45, 2.75) is 50.2 Å². The summed E-state index contributed by atoms with van der Waals surface area (Å²) in [5.74, 6) is 0.721. The fourth-order valence-corrected chi connectivity index (χ4v) is 3.25. The van der Waals surface area contributed by atoms with E-state index in [1.807, 2.05) is 11.8 Å². The third-order valence-electron chi connectivity index (χ3n) is 3.36. The summed E-state index contributed by atoms with van der Waals surface area (Å²) in [4.78, 5) is 1.42. The van der Waals surface area contributed by atoms with Gasteiger partial charge < -0.3 is 5.32 Å². The van der Waals surface area contributed by atoms with E-state index in [-0.39, 0.29) is 5.41 Å². The maximum Gasteiger partial charge on any atom is 0.0479 e. The molecule has 2 rings (SSSR count). The van der Waals surface area contributed by atoms with Crippen LogP contribution in [0.3, 0.4) is 0 Å². The van der Waals surface area contributed by atoms with Crippen molar-refractivity contribution in [3.63, 3.8) is 0 Å². The quantitative estimate of drug-likeness (QED) is 0.785. The maximum atomic E-state index is 3.55. The summed E-state index contributed by atoms with van der Waals surface area (Å²) < 4.78 is 0. The smallest absolute Gasteiger partial charge is 0.0479 e. The topological polar surface area (TPSA) is 12.0 Å². The lowest BCUT2D eigenvalue weighted by Crippen LogP contribution is -2.26. The number of fused-ring (bicyclic) bond motifs is 1. The van der Waals surface area contributed by atoms with Gasteiger partial charge in [0.15, 0.2) is 0 Å². The van der Waals surface area contributed by atoms with Gasteiger partial charge in [0.05, 0.1) is 0 Å². The standard InChI is InChI=1S/C15H23NS/c1-10(2)14-9-16-12-7-6-11(15(3,4)5)8-13(12)17-14/h6-8,10,14,16H,9H2,1-5H3. The lowest BCUT2D eigenvalue weighted by atomic mass is 9.87. The van der Waals surface area contributed by atoms with Gasteiger partial charge in [-0.15, -0.1) is 11.8 Å². The van der Waals surface area contributed by atoms with E-state index in [0.717, 1.165) is 12.5 Å². The minimum absolute atomic E-state index is 0.236. The van der Waals surface area contributed by atoms with Crippen molar-refractivity contribution in [1.29, 1.82) is 0 Å². The lowest BCUT2D eigenvalue weighted by molar-refractivity contribution is 0.587. The van der Waals surface area contributed by atoms with Crippen molar-refractivity contribution in [3.05, 3.63) is 23.8 Å². The monoisotopic (exact) mass is 249 g/mol.